The van der Waals surface area contributed by atoms with Gasteiger partial charge in [-0.25, -0.2) is 0 Å². The third-order valence-corrected chi connectivity index (χ3v) is 3.17. The minimum atomic E-state index is 0.632. The van der Waals surface area contributed by atoms with E-state index in [-0.39, 0.29) is 0 Å². The Morgan fingerprint density at radius 2 is 2.25 bits per heavy atom. The summed E-state index contributed by atoms with van der Waals surface area (Å²) < 4.78 is 0. The second-order valence-corrected chi connectivity index (χ2v) is 4.61. The van der Waals surface area contributed by atoms with Gasteiger partial charge < -0.3 is 5.32 Å². The van der Waals surface area contributed by atoms with Crippen molar-refractivity contribution in [3.63, 3.8) is 0 Å². The Kier molecular flexibility index (Phi) is 3.76. The van der Waals surface area contributed by atoms with E-state index in [4.69, 9.17) is 0 Å². The zero-order chi connectivity index (χ0) is 8.97. The van der Waals surface area contributed by atoms with Crippen LogP contribution >= 0.6 is 11.3 Å². The molecule has 1 aromatic rings. The summed E-state index contributed by atoms with van der Waals surface area (Å²) in [6.07, 6.45) is 2.44. The Hall–Kier alpha value is -0.340. The van der Waals surface area contributed by atoms with Gasteiger partial charge in [0.2, 0.25) is 0 Å². The highest BCUT2D eigenvalue weighted by Gasteiger charge is 2.00. The average molecular weight is 183 g/mol. The molecule has 0 aliphatic heterocycles. The molecule has 0 aliphatic carbocycles. The predicted octanol–water partition coefficient (Wildman–Crippen LogP) is 2.60. The molecule has 1 atom stereocenters. The highest BCUT2D eigenvalue weighted by Crippen LogP contribution is 2.17. The number of hydrogen-bond donors (Lipinski definition) is 1. The van der Waals surface area contributed by atoms with Crippen LogP contribution in [-0.4, -0.2) is 13.1 Å². The van der Waals surface area contributed by atoms with Gasteiger partial charge >= 0.3 is 0 Å². The van der Waals surface area contributed by atoms with Crippen LogP contribution in [0.4, 0.5) is 0 Å². The quantitative estimate of drug-likeness (QED) is 0.756. The second kappa shape index (κ2) is 4.63. The van der Waals surface area contributed by atoms with Gasteiger partial charge in [-0.2, -0.15) is 0 Å². The molecule has 0 aromatic carbocycles. The zero-order valence-corrected chi connectivity index (χ0v) is 8.87. The van der Waals surface area contributed by atoms with Crippen molar-refractivity contribution < 1.29 is 0 Å². The maximum Gasteiger partial charge on any atom is 0.00486 e. The summed E-state index contributed by atoms with van der Waals surface area (Å²) in [5.41, 5.74) is 0. The molecule has 12 heavy (non-hydrogen) atoms. The third-order valence-electron chi connectivity index (χ3n) is 2.11. The molecule has 0 saturated heterocycles. The van der Waals surface area contributed by atoms with Crippen LogP contribution < -0.4 is 5.32 Å². The van der Waals surface area contributed by atoms with Gasteiger partial charge in [0.1, 0.15) is 0 Å². The summed E-state index contributed by atoms with van der Waals surface area (Å²) in [5, 5.41) is 3.25. The minimum Gasteiger partial charge on any atom is -0.317 e. The van der Waals surface area contributed by atoms with E-state index < -0.39 is 0 Å². The Balaban J connectivity index is 2.33. The van der Waals surface area contributed by atoms with Crippen LogP contribution in [0.25, 0.3) is 0 Å². The van der Waals surface area contributed by atoms with Gasteiger partial charge in [0, 0.05) is 15.8 Å². The van der Waals surface area contributed by atoms with E-state index in [1.54, 1.807) is 0 Å². The van der Waals surface area contributed by atoms with Crippen LogP contribution in [0.3, 0.4) is 0 Å². The Morgan fingerprint density at radius 1 is 1.50 bits per heavy atom. The van der Waals surface area contributed by atoms with Crippen molar-refractivity contribution >= 4 is 11.3 Å². The maximum absolute atomic E-state index is 3.25. The van der Waals surface area contributed by atoms with Crippen molar-refractivity contribution in [2.75, 3.05) is 7.05 Å². The molecule has 68 valence electrons. The lowest BCUT2D eigenvalue weighted by Crippen LogP contribution is -2.21. The van der Waals surface area contributed by atoms with Gasteiger partial charge in [-0.3, -0.25) is 0 Å². The lowest BCUT2D eigenvalue weighted by molar-refractivity contribution is 0.567. The van der Waals surface area contributed by atoms with Gasteiger partial charge in [0.25, 0.3) is 0 Å². The molecule has 1 N–H and O–H groups in total. The largest absolute Gasteiger partial charge is 0.317 e. The van der Waals surface area contributed by atoms with E-state index in [9.17, 15) is 0 Å². The van der Waals surface area contributed by atoms with E-state index in [2.05, 4.69) is 31.3 Å². The highest BCUT2D eigenvalue weighted by molar-refractivity contribution is 7.11. The summed E-state index contributed by atoms with van der Waals surface area (Å²) in [4.78, 5) is 2.93. The first kappa shape index (κ1) is 9.75. The zero-order valence-electron chi connectivity index (χ0n) is 8.05. The molecule has 2 heteroatoms. The first-order valence-electron chi connectivity index (χ1n) is 4.45. The smallest absolute Gasteiger partial charge is 0.00486 e. The summed E-state index contributed by atoms with van der Waals surface area (Å²) >= 11 is 1.91. The van der Waals surface area contributed by atoms with Crippen molar-refractivity contribution in [1.29, 1.82) is 0 Å². The molecular formula is C10H17NS. The first-order chi connectivity index (χ1) is 5.72. The third kappa shape index (κ3) is 2.95. The standard InChI is InChI=1S/C10H17NS/c1-8(11-3)4-6-10-7-5-9(2)12-10/h5,7-8,11H,4,6H2,1-3H3. The van der Waals surface area contributed by atoms with Crippen molar-refractivity contribution in [2.45, 2.75) is 32.7 Å². The molecule has 0 amide bonds. The van der Waals surface area contributed by atoms with Crippen LogP contribution in [-0.2, 0) is 6.42 Å². The number of rotatable bonds is 4. The molecule has 1 rings (SSSR count). The number of aryl methyl sites for hydroxylation is 2. The lowest BCUT2D eigenvalue weighted by Gasteiger charge is -2.07. The van der Waals surface area contributed by atoms with Crippen molar-refractivity contribution in [2.24, 2.45) is 0 Å². The minimum absolute atomic E-state index is 0.632. The fraction of sp³-hybridized carbons (Fsp3) is 0.600. The number of nitrogens with one attached hydrogen (secondary N) is 1. The van der Waals surface area contributed by atoms with E-state index in [0.29, 0.717) is 6.04 Å². The fourth-order valence-electron chi connectivity index (χ4n) is 1.12. The highest BCUT2D eigenvalue weighted by atomic mass is 32.1. The Morgan fingerprint density at radius 3 is 2.75 bits per heavy atom. The maximum atomic E-state index is 3.25. The van der Waals surface area contributed by atoms with Gasteiger partial charge in [0.15, 0.2) is 0 Å². The summed E-state index contributed by atoms with van der Waals surface area (Å²) in [7, 11) is 2.02. The molecule has 0 saturated carbocycles. The Labute approximate surface area is 78.8 Å². The van der Waals surface area contributed by atoms with Crippen LogP contribution in [0.2, 0.25) is 0 Å². The summed E-state index contributed by atoms with van der Waals surface area (Å²) in [5.74, 6) is 0. The van der Waals surface area contributed by atoms with Gasteiger partial charge in [-0.15, -0.1) is 11.3 Å². The van der Waals surface area contributed by atoms with Crippen LogP contribution in [0.1, 0.15) is 23.1 Å². The van der Waals surface area contributed by atoms with E-state index in [0.717, 1.165) is 0 Å². The molecule has 1 unspecified atom stereocenters. The van der Waals surface area contributed by atoms with E-state index in [1.165, 1.54) is 22.6 Å². The lowest BCUT2D eigenvalue weighted by atomic mass is 10.1. The van der Waals surface area contributed by atoms with Gasteiger partial charge in [-0.05, 0) is 45.9 Å². The molecular weight excluding hydrogens is 166 g/mol. The molecule has 0 spiro atoms. The molecule has 1 heterocycles. The first-order valence-corrected chi connectivity index (χ1v) is 5.26. The molecule has 0 fully saturated rings. The normalized spacial score (nSPS) is 13.2. The molecule has 0 radical (unpaired) electrons. The van der Waals surface area contributed by atoms with Crippen LogP contribution in [0.15, 0.2) is 12.1 Å². The number of hydrogen-bond acceptors (Lipinski definition) is 2. The predicted molar refractivity (Wildman–Crippen MR) is 55.9 cm³/mol. The van der Waals surface area contributed by atoms with Crippen molar-refractivity contribution in [3.8, 4) is 0 Å². The topological polar surface area (TPSA) is 12.0 Å². The number of thiophene rings is 1. The fourth-order valence-corrected chi connectivity index (χ4v) is 2.03. The second-order valence-electron chi connectivity index (χ2n) is 3.24. The van der Waals surface area contributed by atoms with Crippen LogP contribution in [0.5, 0.6) is 0 Å². The molecule has 1 aromatic heterocycles. The van der Waals surface area contributed by atoms with E-state index in [1.807, 2.05) is 18.4 Å². The molecule has 1 nitrogen and oxygen atoms in total. The van der Waals surface area contributed by atoms with Crippen LogP contribution in [0, 0.1) is 6.92 Å². The summed E-state index contributed by atoms with van der Waals surface area (Å²) in [6, 6.07) is 5.07. The van der Waals surface area contributed by atoms with Gasteiger partial charge in [0.05, 0.1) is 0 Å². The van der Waals surface area contributed by atoms with Crippen molar-refractivity contribution in [1.82, 2.24) is 5.32 Å². The van der Waals surface area contributed by atoms with Crippen molar-refractivity contribution in [3.05, 3.63) is 21.9 Å². The van der Waals surface area contributed by atoms with Gasteiger partial charge in [-0.1, -0.05) is 0 Å². The molecule has 0 aliphatic rings. The monoisotopic (exact) mass is 183 g/mol. The SMILES string of the molecule is CNC(C)CCc1ccc(C)s1. The average Bonchev–Trinajstić information content (AvgIpc) is 2.47. The van der Waals surface area contributed by atoms with E-state index >= 15 is 0 Å². The summed E-state index contributed by atoms with van der Waals surface area (Å²) in [6.45, 7) is 4.39. The molecule has 0 bridgehead atoms. The Bertz CT molecular complexity index is 229.